The SMILES string of the molecule is CC1NCCS(=O)(=O)C1Cc1cccc(F)c1. The van der Waals surface area contributed by atoms with Gasteiger partial charge in [-0.15, -0.1) is 0 Å². The van der Waals surface area contributed by atoms with E-state index in [0.717, 1.165) is 5.56 Å². The standard InChI is InChI=1S/C12H16FNO2S/c1-9-12(17(15,16)6-5-14-9)8-10-3-2-4-11(13)7-10/h2-4,7,9,12,14H,5-6,8H2,1H3. The van der Waals surface area contributed by atoms with Gasteiger partial charge in [-0.1, -0.05) is 12.1 Å². The zero-order valence-electron chi connectivity index (χ0n) is 9.69. The van der Waals surface area contributed by atoms with Gasteiger partial charge in [0, 0.05) is 12.6 Å². The molecular weight excluding hydrogens is 241 g/mol. The second-order valence-corrected chi connectivity index (χ2v) is 6.82. The number of hydrogen-bond acceptors (Lipinski definition) is 3. The zero-order valence-corrected chi connectivity index (χ0v) is 10.5. The fourth-order valence-corrected chi connectivity index (χ4v) is 4.09. The maximum absolute atomic E-state index is 13.0. The van der Waals surface area contributed by atoms with Gasteiger partial charge in [0.2, 0.25) is 0 Å². The van der Waals surface area contributed by atoms with Crippen molar-refractivity contribution in [2.75, 3.05) is 12.3 Å². The third-order valence-electron chi connectivity index (χ3n) is 3.20. The lowest BCUT2D eigenvalue weighted by molar-refractivity contribution is 0.477. The summed E-state index contributed by atoms with van der Waals surface area (Å²) in [5.74, 6) is -0.159. The summed E-state index contributed by atoms with van der Waals surface area (Å²) in [6.45, 7) is 2.36. The van der Waals surface area contributed by atoms with Crippen molar-refractivity contribution in [3.05, 3.63) is 35.6 Å². The Hall–Kier alpha value is -0.940. The van der Waals surface area contributed by atoms with Gasteiger partial charge in [0.05, 0.1) is 11.0 Å². The molecule has 0 aliphatic carbocycles. The van der Waals surface area contributed by atoms with Crippen LogP contribution in [0.4, 0.5) is 4.39 Å². The van der Waals surface area contributed by atoms with Crippen LogP contribution >= 0.6 is 0 Å². The molecule has 0 saturated carbocycles. The van der Waals surface area contributed by atoms with E-state index in [9.17, 15) is 12.8 Å². The number of nitrogens with one attached hydrogen (secondary N) is 1. The summed E-state index contributed by atoms with van der Waals surface area (Å²) in [5.41, 5.74) is 0.731. The molecule has 1 saturated heterocycles. The van der Waals surface area contributed by atoms with E-state index < -0.39 is 15.1 Å². The first-order chi connectivity index (χ1) is 7.99. The van der Waals surface area contributed by atoms with E-state index in [2.05, 4.69) is 5.32 Å². The molecule has 1 aromatic rings. The molecule has 17 heavy (non-hydrogen) atoms. The molecule has 94 valence electrons. The molecular formula is C12H16FNO2S. The molecule has 1 heterocycles. The number of benzene rings is 1. The van der Waals surface area contributed by atoms with Gasteiger partial charge in [0.15, 0.2) is 9.84 Å². The predicted molar refractivity (Wildman–Crippen MR) is 65.1 cm³/mol. The van der Waals surface area contributed by atoms with E-state index in [0.29, 0.717) is 13.0 Å². The minimum absolute atomic E-state index is 0.0861. The van der Waals surface area contributed by atoms with Gasteiger partial charge in [-0.25, -0.2) is 12.8 Å². The number of sulfone groups is 1. The Kier molecular flexibility index (Phi) is 3.49. The van der Waals surface area contributed by atoms with Crippen LogP contribution in [0.1, 0.15) is 12.5 Å². The van der Waals surface area contributed by atoms with Crippen molar-refractivity contribution in [3.8, 4) is 0 Å². The fourth-order valence-electron chi connectivity index (χ4n) is 2.22. The molecule has 0 radical (unpaired) electrons. The number of rotatable bonds is 2. The average Bonchev–Trinajstić information content (AvgIpc) is 2.23. The summed E-state index contributed by atoms with van der Waals surface area (Å²) in [6.07, 6.45) is 0.369. The monoisotopic (exact) mass is 257 g/mol. The van der Waals surface area contributed by atoms with Crippen molar-refractivity contribution in [1.82, 2.24) is 5.32 Å². The Morgan fingerprint density at radius 3 is 2.88 bits per heavy atom. The van der Waals surface area contributed by atoms with Crippen LogP contribution in [0.15, 0.2) is 24.3 Å². The van der Waals surface area contributed by atoms with Crippen molar-refractivity contribution in [3.63, 3.8) is 0 Å². The van der Waals surface area contributed by atoms with E-state index in [1.807, 2.05) is 6.92 Å². The van der Waals surface area contributed by atoms with Crippen LogP contribution in [0.5, 0.6) is 0 Å². The lowest BCUT2D eigenvalue weighted by Crippen LogP contribution is -2.51. The average molecular weight is 257 g/mol. The topological polar surface area (TPSA) is 46.2 Å². The highest BCUT2D eigenvalue weighted by atomic mass is 32.2. The summed E-state index contributed by atoms with van der Waals surface area (Å²) < 4.78 is 36.9. The van der Waals surface area contributed by atoms with Crippen LogP contribution in [0.25, 0.3) is 0 Å². The molecule has 1 N–H and O–H groups in total. The van der Waals surface area contributed by atoms with Gasteiger partial charge in [0.1, 0.15) is 5.82 Å². The van der Waals surface area contributed by atoms with Crippen molar-refractivity contribution in [2.45, 2.75) is 24.6 Å². The summed E-state index contributed by atoms with van der Waals surface area (Å²) in [4.78, 5) is 0. The van der Waals surface area contributed by atoms with Crippen LogP contribution in [0, 0.1) is 5.82 Å². The maximum atomic E-state index is 13.0. The lowest BCUT2D eigenvalue weighted by atomic mass is 10.1. The number of hydrogen-bond donors (Lipinski definition) is 1. The molecule has 1 aromatic carbocycles. The smallest absolute Gasteiger partial charge is 0.156 e. The van der Waals surface area contributed by atoms with Gasteiger partial charge in [0.25, 0.3) is 0 Å². The fraction of sp³-hybridized carbons (Fsp3) is 0.500. The van der Waals surface area contributed by atoms with Crippen molar-refractivity contribution < 1.29 is 12.8 Å². The first kappa shape index (κ1) is 12.5. The Morgan fingerprint density at radius 1 is 1.47 bits per heavy atom. The van der Waals surface area contributed by atoms with Crippen LogP contribution < -0.4 is 5.32 Å². The molecule has 2 atom stereocenters. The highest BCUT2D eigenvalue weighted by molar-refractivity contribution is 7.92. The molecule has 1 aliphatic rings. The molecule has 3 nitrogen and oxygen atoms in total. The molecule has 2 unspecified atom stereocenters. The second kappa shape index (κ2) is 4.74. The normalized spacial score (nSPS) is 27.9. The minimum Gasteiger partial charge on any atom is -0.312 e. The lowest BCUT2D eigenvalue weighted by Gasteiger charge is -2.29. The van der Waals surface area contributed by atoms with Gasteiger partial charge >= 0.3 is 0 Å². The van der Waals surface area contributed by atoms with Gasteiger partial charge < -0.3 is 5.32 Å². The van der Waals surface area contributed by atoms with E-state index in [-0.39, 0.29) is 17.6 Å². The summed E-state index contributed by atoms with van der Waals surface area (Å²) >= 11 is 0. The third-order valence-corrected chi connectivity index (χ3v) is 5.47. The first-order valence-corrected chi connectivity index (χ1v) is 7.40. The molecule has 0 aromatic heterocycles. The van der Waals surface area contributed by atoms with Crippen molar-refractivity contribution in [1.29, 1.82) is 0 Å². The van der Waals surface area contributed by atoms with Crippen LogP contribution in [0.3, 0.4) is 0 Å². The number of halogens is 1. The molecule has 0 amide bonds. The predicted octanol–water partition coefficient (Wildman–Crippen LogP) is 1.14. The Balaban J connectivity index is 2.22. The van der Waals surface area contributed by atoms with E-state index in [1.54, 1.807) is 12.1 Å². The van der Waals surface area contributed by atoms with Crippen molar-refractivity contribution >= 4 is 9.84 Å². The van der Waals surface area contributed by atoms with Crippen LogP contribution in [-0.2, 0) is 16.3 Å². The van der Waals surface area contributed by atoms with Crippen molar-refractivity contribution in [2.24, 2.45) is 0 Å². The van der Waals surface area contributed by atoms with Gasteiger partial charge in [-0.2, -0.15) is 0 Å². The van der Waals surface area contributed by atoms with Gasteiger partial charge in [-0.05, 0) is 31.0 Å². The summed E-state index contributed by atoms with van der Waals surface area (Å²) in [6, 6.07) is 6.05. The minimum atomic E-state index is -3.07. The highest BCUT2D eigenvalue weighted by Crippen LogP contribution is 2.18. The Morgan fingerprint density at radius 2 is 2.24 bits per heavy atom. The van der Waals surface area contributed by atoms with Crippen LogP contribution in [0.2, 0.25) is 0 Å². The summed E-state index contributed by atoms with van der Waals surface area (Å²) in [7, 11) is -3.07. The molecule has 0 spiro atoms. The molecule has 5 heteroatoms. The molecule has 1 aliphatic heterocycles. The quantitative estimate of drug-likeness (QED) is 0.864. The third kappa shape index (κ3) is 2.84. The van der Waals surface area contributed by atoms with E-state index >= 15 is 0 Å². The van der Waals surface area contributed by atoms with E-state index in [4.69, 9.17) is 0 Å². The first-order valence-electron chi connectivity index (χ1n) is 5.68. The molecule has 1 fully saturated rings. The molecule has 2 rings (SSSR count). The second-order valence-electron chi connectivity index (χ2n) is 4.48. The highest BCUT2D eigenvalue weighted by Gasteiger charge is 2.34. The summed E-state index contributed by atoms with van der Waals surface area (Å²) in [5, 5.41) is 2.69. The van der Waals surface area contributed by atoms with Gasteiger partial charge in [-0.3, -0.25) is 0 Å². The maximum Gasteiger partial charge on any atom is 0.156 e. The Bertz CT molecular complexity index is 501. The van der Waals surface area contributed by atoms with Crippen LogP contribution in [-0.4, -0.2) is 32.0 Å². The van der Waals surface area contributed by atoms with E-state index in [1.165, 1.54) is 12.1 Å². The molecule has 0 bridgehead atoms. The Labute approximate surface area is 101 Å². The zero-order chi connectivity index (χ0) is 12.5. The largest absolute Gasteiger partial charge is 0.312 e.